The Kier molecular flexibility index (Phi) is 4.12. The molecule has 0 saturated carbocycles. The van der Waals surface area contributed by atoms with Gasteiger partial charge in [-0.15, -0.1) is 0 Å². The predicted molar refractivity (Wildman–Crippen MR) is 63.7 cm³/mol. The molecule has 1 N–H and O–H groups in total. The van der Waals surface area contributed by atoms with Crippen molar-refractivity contribution in [3.05, 3.63) is 40.1 Å². The Morgan fingerprint density at radius 3 is 2.24 bits per heavy atom. The Hall–Kier alpha value is -2.48. The van der Waals surface area contributed by atoms with Gasteiger partial charge in [0.25, 0.3) is 0 Å². The van der Waals surface area contributed by atoms with Crippen molar-refractivity contribution in [1.29, 1.82) is 15.8 Å². The quantitative estimate of drug-likeness (QED) is 0.808. The summed E-state index contributed by atoms with van der Waals surface area (Å²) in [7, 11) is 0. The van der Waals surface area contributed by atoms with E-state index in [1.807, 2.05) is 6.92 Å². The van der Waals surface area contributed by atoms with Gasteiger partial charge < -0.3 is 5.32 Å². The van der Waals surface area contributed by atoms with Crippen LogP contribution in [-0.2, 0) is 0 Å². The Morgan fingerprint density at radius 1 is 1.12 bits per heavy atom. The van der Waals surface area contributed by atoms with Crippen LogP contribution in [-0.4, -0.2) is 0 Å². The lowest BCUT2D eigenvalue weighted by molar-refractivity contribution is 1.36. The van der Waals surface area contributed by atoms with Crippen LogP contribution in [0.4, 0.5) is 5.69 Å². The Morgan fingerprint density at radius 2 is 1.76 bits per heavy atom. The monoisotopic (exact) mass is 242 g/mol. The molecule has 0 bridgehead atoms. The third-order valence-corrected chi connectivity index (χ3v) is 2.12. The molecular formula is C12H7ClN4. The molecule has 0 unspecified atom stereocenters. The smallest absolute Gasteiger partial charge is 0.163 e. The van der Waals surface area contributed by atoms with Crippen molar-refractivity contribution in [3.8, 4) is 18.2 Å². The van der Waals surface area contributed by atoms with Gasteiger partial charge >= 0.3 is 0 Å². The molecule has 0 radical (unpaired) electrons. The zero-order valence-electron chi connectivity index (χ0n) is 8.95. The van der Waals surface area contributed by atoms with E-state index < -0.39 is 0 Å². The summed E-state index contributed by atoms with van der Waals surface area (Å²) in [6.45, 7) is 1.85. The van der Waals surface area contributed by atoms with Crippen LogP contribution in [0.1, 0.15) is 5.56 Å². The first kappa shape index (κ1) is 12.6. The standard InChI is InChI=1S/C12H7ClN4/c1-8-2-10(13)4-11(3-8)17-12(7-16)9(5-14)6-15/h2-4,17H,1H3. The maximum atomic E-state index is 8.85. The number of halogens is 1. The predicted octanol–water partition coefficient (Wildman–Crippen LogP) is 2.89. The van der Waals surface area contributed by atoms with E-state index >= 15 is 0 Å². The molecule has 0 aromatic heterocycles. The van der Waals surface area contributed by atoms with E-state index in [0.717, 1.165) is 5.56 Å². The van der Waals surface area contributed by atoms with Gasteiger partial charge in [-0.2, -0.15) is 15.8 Å². The van der Waals surface area contributed by atoms with E-state index in [1.54, 1.807) is 36.4 Å². The van der Waals surface area contributed by atoms with Crippen molar-refractivity contribution >= 4 is 17.3 Å². The lowest BCUT2D eigenvalue weighted by atomic mass is 10.2. The summed E-state index contributed by atoms with van der Waals surface area (Å²) >= 11 is 5.86. The fraction of sp³-hybridized carbons (Fsp3) is 0.0833. The lowest BCUT2D eigenvalue weighted by Crippen LogP contribution is -2.00. The average Bonchev–Trinajstić information content (AvgIpc) is 2.27. The second-order valence-electron chi connectivity index (χ2n) is 3.23. The summed E-state index contributed by atoms with van der Waals surface area (Å²) in [4.78, 5) is 0. The molecule has 17 heavy (non-hydrogen) atoms. The highest BCUT2D eigenvalue weighted by atomic mass is 35.5. The highest BCUT2D eigenvalue weighted by Crippen LogP contribution is 2.20. The number of benzene rings is 1. The molecular weight excluding hydrogens is 236 g/mol. The van der Waals surface area contributed by atoms with Crippen LogP contribution >= 0.6 is 11.6 Å². The number of anilines is 1. The van der Waals surface area contributed by atoms with Gasteiger partial charge in [0.15, 0.2) is 5.57 Å². The lowest BCUT2D eigenvalue weighted by Gasteiger charge is -2.06. The topological polar surface area (TPSA) is 83.4 Å². The third-order valence-electron chi connectivity index (χ3n) is 1.90. The zero-order valence-corrected chi connectivity index (χ0v) is 9.71. The van der Waals surface area contributed by atoms with Gasteiger partial charge in [0, 0.05) is 10.7 Å². The summed E-state index contributed by atoms with van der Waals surface area (Å²) in [5, 5.41) is 29.4. The first-order chi connectivity index (χ1) is 8.10. The normalized spacial score (nSPS) is 8.41. The maximum Gasteiger partial charge on any atom is 0.163 e. The molecule has 0 aliphatic heterocycles. The van der Waals surface area contributed by atoms with E-state index in [4.69, 9.17) is 27.4 Å². The van der Waals surface area contributed by atoms with Gasteiger partial charge in [-0.25, -0.2) is 0 Å². The maximum absolute atomic E-state index is 8.85. The summed E-state index contributed by atoms with van der Waals surface area (Å²) in [6, 6.07) is 10.2. The van der Waals surface area contributed by atoms with Crippen LogP contribution in [0.2, 0.25) is 5.02 Å². The first-order valence-corrected chi connectivity index (χ1v) is 4.97. The van der Waals surface area contributed by atoms with Crippen molar-refractivity contribution in [3.63, 3.8) is 0 Å². The Labute approximate surface area is 104 Å². The number of nitrogens with zero attached hydrogens (tertiary/aromatic N) is 3. The fourth-order valence-corrected chi connectivity index (χ4v) is 1.53. The molecule has 4 nitrogen and oxygen atoms in total. The zero-order chi connectivity index (χ0) is 12.8. The molecule has 0 aliphatic carbocycles. The Bertz CT molecular complexity index is 560. The van der Waals surface area contributed by atoms with Crippen LogP contribution in [0.3, 0.4) is 0 Å². The number of allylic oxidation sites excluding steroid dienone is 2. The van der Waals surface area contributed by atoms with E-state index in [-0.39, 0.29) is 11.3 Å². The van der Waals surface area contributed by atoms with Gasteiger partial charge in [0.2, 0.25) is 0 Å². The van der Waals surface area contributed by atoms with Gasteiger partial charge in [-0.05, 0) is 30.7 Å². The molecule has 1 aromatic carbocycles. The second-order valence-corrected chi connectivity index (χ2v) is 3.66. The van der Waals surface area contributed by atoms with Crippen molar-refractivity contribution in [2.24, 2.45) is 0 Å². The summed E-state index contributed by atoms with van der Waals surface area (Å²) in [5.74, 6) is 0. The first-order valence-electron chi connectivity index (χ1n) is 4.59. The van der Waals surface area contributed by atoms with E-state index in [2.05, 4.69) is 5.32 Å². The number of nitrogens with one attached hydrogen (secondary N) is 1. The molecule has 0 fully saturated rings. The van der Waals surface area contributed by atoms with Crippen molar-refractivity contribution in [1.82, 2.24) is 0 Å². The van der Waals surface area contributed by atoms with Crippen LogP contribution in [0.25, 0.3) is 0 Å². The van der Waals surface area contributed by atoms with Crippen molar-refractivity contribution in [2.75, 3.05) is 5.32 Å². The summed E-state index contributed by atoms with van der Waals surface area (Å²) in [6.07, 6.45) is 0. The van der Waals surface area contributed by atoms with Gasteiger partial charge in [0.05, 0.1) is 0 Å². The molecule has 0 aliphatic rings. The molecule has 0 saturated heterocycles. The largest absolute Gasteiger partial charge is 0.345 e. The van der Waals surface area contributed by atoms with Gasteiger partial charge in [0.1, 0.15) is 23.9 Å². The van der Waals surface area contributed by atoms with E-state index in [0.29, 0.717) is 10.7 Å². The number of aryl methyl sites for hydroxylation is 1. The molecule has 0 heterocycles. The highest BCUT2D eigenvalue weighted by molar-refractivity contribution is 6.30. The van der Waals surface area contributed by atoms with Gasteiger partial charge in [-0.3, -0.25) is 0 Å². The molecule has 0 atom stereocenters. The number of rotatable bonds is 2. The minimum absolute atomic E-state index is 0.0864. The summed E-state index contributed by atoms with van der Waals surface area (Å²) in [5.41, 5.74) is 1.13. The number of hydrogen-bond donors (Lipinski definition) is 1. The van der Waals surface area contributed by atoms with E-state index in [1.165, 1.54) is 0 Å². The SMILES string of the molecule is Cc1cc(Cl)cc(NC(C#N)=C(C#N)C#N)c1. The van der Waals surface area contributed by atoms with Crippen LogP contribution in [0.15, 0.2) is 29.5 Å². The van der Waals surface area contributed by atoms with Gasteiger partial charge in [-0.1, -0.05) is 11.6 Å². The number of hydrogen-bond acceptors (Lipinski definition) is 4. The Balaban J connectivity index is 3.15. The molecule has 82 valence electrons. The molecule has 5 heteroatoms. The van der Waals surface area contributed by atoms with Crippen molar-refractivity contribution in [2.45, 2.75) is 6.92 Å². The number of nitriles is 3. The molecule has 1 aromatic rings. The highest BCUT2D eigenvalue weighted by Gasteiger charge is 2.06. The molecule has 0 spiro atoms. The molecule has 1 rings (SSSR count). The van der Waals surface area contributed by atoms with E-state index in [9.17, 15) is 0 Å². The van der Waals surface area contributed by atoms with Crippen LogP contribution in [0, 0.1) is 40.9 Å². The van der Waals surface area contributed by atoms with Crippen LogP contribution < -0.4 is 5.32 Å². The summed E-state index contributed by atoms with van der Waals surface area (Å²) < 4.78 is 0. The minimum atomic E-state index is -0.259. The third kappa shape index (κ3) is 3.24. The van der Waals surface area contributed by atoms with Crippen LogP contribution in [0.5, 0.6) is 0 Å². The fourth-order valence-electron chi connectivity index (χ4n) is 1.24. The minimum Gasteiger partial charge on any atom is -0.345 e. The van der Waals surface area contributed by atoms with Crippen molar-refractivity contribution < 1.29 is 0 Å². The second kappa shape index (κ2) is 5.56. The average molecular weight is 243 g/mol. The molecule has 0 amide bonds.